The largest absolute Gasteiger partial charge is 0.497 e. The van der Waals surface area contributed by atoms with E-state index >= 15 is 0 Å². The number of carbonyl (C=O) groups excluding carboxylic acids is 2. The van der Waals surface area contributed by atoms with Gasteiger partial charge in [-0.3, -0.25) is 14.3 Å². The fraction of sp³-hybridized carbons (Fsp3) is 0.222. The molecule has 0 spiro atoms. The lowest BCUT2D eigenvalue weighted by Crippen LogP contribution is -2.23. The number of rotatable bonds is 8. The molecule has 0 unspecified atom stereocenters. The molecule has 4 aromatic rings. The smallest absolute Gasteiger partial charge is 0.326 e. The van der Waals surface area contributed by atoms with Crippen LogP contribution in [0.1, 0.15) is 28.4 Å². The first-order valence-corrected chi connectivity index (χ1v) is 14.0. The number of aryl methyl sites for hydroxylation is 2. The number of esters is 1. The molecule has 1 N–H and O–H groups in total. The van der Waals surface area contributed by atoms with E-state index in [1.807, 2.05) is 26.0 Å². The molecular weight excluding hydrogens is 526 g/mol. The summed E-state index contributed by atoms with van der Waals surface area (Å²) in [5.41, 5.74) is 3.41. The summed E-state index contributed by atoms with van der Waals surface area (Å²) >= 11 is 1.32. The Balaban J connectivity index is 1.62. The summed E-state index contributed by atoms with van der Waals surface area (Å²) < 4.78 is 40.7. The Labute approximate surface area is 224 Å². The number of anilines is 1. The van der Waals surface area contributed by atoms with Crippen LogP contribution in [0.25, 0.3) is 10.2 Å². The van der Waals surface area contributed by atoms with Gasteiger partial charge in [0, 0.05) is 11.3 Å². The summed E-state index contributed by atoms with van der Waals surface area (Å²) in [5, 5.41) is 0. The quantitative estimate of drug-likeness (QED) is 0.323. The highest BCUT2D eigenvalue weighted by Crippen LogP contribution is 2.24. The van der Waals surface area contributed by atoms with E-state index in [1.54, 1.807) is 23.6 Å². The van der Waals surface area contributed by atoms with Crippen molar-refractivity contribution in [3.8, 4) is 5.75 Å². The monoisotopic (exact) mass is 553 g/mol. The molecule has 0 bridgehead atoms. The molecule has 1 aromatic heterocycles. The van der Waals surface area contributed by atoms with Crippen molar-refractivity contribution in [2.75, 3.05) is 18.4 Å². The van der Waals surface area contributed by atoms with Gasteiger partial charge < -0.3 is 14.0 Å². The summed E-state index contributed by atoms with van der Waals surface area (Å²) in [7, 11) is -2.32. The van der Waals surface area contributed by atoms with Crippen molar-refractivity contribution in [3.63, 3.8) is 0 Å². The van der Waals surface area contributed by atoms with Gasteiger partial charge in [-0.25, -0.2) is 8.42 Å². The average molecular weight is 554 g/mol. The van der Waals surface area contributed by atoms with Crippen molar-refractivity contribution < 1.29 is 27.5 Å². The third-order valence-electron chi connectivity index (χ3n) is 5.66. The summed E-state index contributed by atoms with van der Waals surface area (Å²) in [6, 6.07) is 16.0. The lowest BCUT2D eigenvalue weighted by atomic mass is 10.1. The van der Waals surface area contributed by atoms with E-state index < -0.39 is 21.9 Å². The molecule has 11 heteroatoms. The summed E-state index contributed by atoms with van der Waals surface area (Å²) in [5.74, 6) is -0.398. The average Bonchev–Trinajstić information content (AvgIpc) is 3.21. The van der Waals surface area contributed by atoms with Gasteiger partial charge in [0.1, 0.15) is 12.3 Å². The van der Waals surface area contributed by atoms with Crippen LogP contribution in [-0.2, 0) is 26.1 Å². The van der Waals surface area contributed by atoms with E-state index in [2.05, 4.69) is 9.71 Å². The zero-order valence-corrected chi connectivity index (χ0v) is 23.0. The summed E-state index contributed by atoms with van der Waals surface area (Å²) in [6.45, 7) is 5.84. The molecule has 0 radical (unpaired) electrons. The first-order valence-electron chi connectivity index (χ1n) is 11.7. The van der Waals surface area contributed by atoms with E-state index in [0.29, 0.717) is 16.2 Å². The lowest BCUT2D eigenvalue weighted by Gasteiger charge is -2.09. The van der Waals surface area contributed by atoms with Gasteiger partial charge in [-0.2, -0.15) is 4.99 Å². The Morgan fingerprint density at radius 3 is 2.34 bits per heavy atom. The molecule has 0 saturated heterocycles. The lowest BCUT2D eigenvalue weighted by molar-refractivity contribution is -0.143. The maximum Gasteiger partial charge on any atom is 0.326 e. The molecule has 198 valence electrons. The van der Waals surface area contributed by atoms with Crippen LogP contribution in [0.4, 0.5) is 5.69 Å². The van der Waals surface area contributed by atoms with E-state index in [9.17, 15) is 18.0 Å². The first kappa shape index (κ1) is 27.1. The molecule has 0 aliphatic carbocycles. The molecule has 1 amide bonds. The molecule has 3 aromatic carbocycles. The van der Waals surface area contributed by atoms with Crippen molar-refractivity contribution in [3.05, 3.63) is 82.2 Å². The fourth-order valence-corrected chi connectivity index (χ4v) is 6.02. The van der Waals surface area contributed by atoms with Gasteiger partial charge in [-0.05, 0) is 86.5 Å². The maximum absolute atomic E-state index is 13.0. The van der Waals surface area contributed by atoms with Crippen LogP contribution >= 0.6 is 11.3 Å². The molecule has 0 saturated carbocycles. The third kappa shape index (κ3) is 5.95. The summed E-state index contributed by atoms with van der Waals surface area (Å²) in [4.78, 5) is 30.1. The van der Waals surface area contributed by atoms with E-state index in [4.69, 9.17) is 9.47 Å². The van der Waals surface area contributed by atoms with Crippen LogP contribution in [0.3, 0.4) is 0 Å². The topological polar surface area (TPSA) is 116 Å². The Kier molecular flexibility index (Phi) is 7.98. The molecule has 9 nitrogen and oxygen atoms in total. The van der Waals surface area contributed by atoms with Gasteiger partial charge >= 0.3 is 5.97 Å². The number of thiazole rings is 1. The number of aromatic nitrogens is 1. The van der Waals surface area contributed by atoms with Gasteiger partial charge in [0.15, 0.2) is 4.80 Å². The van der Waals surface area contributed by atoms with Crippen molar-refractivity contribution in [1.82, 2.24) is 4.57 Å². The Morgan fingerprint density at radius 1 is 1.03 bits per heavy atom. The number of benzene rings is 3. The number of hydrogen-bond donors (Lipinski definition) is 1. The molecule has 0 atom stereocenters. The predicted octanol–water partition coefficient (Wildman–Crippen LogP) is 4.43. The van der Waals surface area contributed by atoms with E-state index in [-0.39, 0.29) is 23.6 Å². The second kappa shape index (κ2) is 11.2. The zero-order valence-electron chi connectivity index (χ0n) is 21.3. The van der Waals surface area contributed by atoms with Gasteiger partial charge in [0.25, 0.3) is 15.9 Å². The summed E-state index contributed by atoms with van der Waals surface area (Å²) in [6.07, 6.45) is 0. The van der Waals surface area contributed by atoms with Crippen LogP contribution in [0, 0.1) is 13.8 Å². The second-order valence-electron chi connectivity index (χ2n) is 8.48. The zero-order chi connectivity index (χ0) is 27.4. The molecule has 1 heterocycles. The minimum Gasteiger partial charge on any atom is -0.497 e. The van der Waals surface area contributed by atoms with Crippen molar-refractivity contribution >= 4 is 49.1 Å². The minimum atomic E-state index is -3.82. The van der Waals surface area contributed by atoms with Crippen LogP contribution < -0.4 is 14.3 Å². The number of nitrogens with zero attached hydrogens (tertiary/aromatic N) is 2. The normalized spacial score (nSPS) is 11.9. The van der Waals surface area contributed by atoms with Crippen LogP contribution in [-0.4, -0.2) is 38.6 Å². The van der Waals surface area contributed by atoms with E-state index in [1.165, 1.54) is 54.8 Å². The Morgan fingerprint density at radius 2 is 1.71 bits per heavy atom. The number of ether oxygens (including phenoxy) is 2. The van der Waals surface area contributed by atoms with Crippen LogP contribution in [0.2, 0.25) is 0 Å². The Bertz CT molecular complexity index is 1670. The number of methoxy groups -OCH3 is 1. The molecule has 0 fully saturated rings. The van der Waals surface area contributed by atoms with Gasteiger partial charge in [-0.1, -0.05) is 17.4 Å². The highest BCUT2D eigenvalue weighted by atomic mass is 32.2. The third-order valence-corrected chi connectivity index (χ3v) is 8.28. The number of nitrogens with one attached hydrogen (secondary N) is 1. The minimum absolute atomic E-state index is 0.0745. The van der Waals surface area contributed by atoms with Crippen LogP contribution in [0.5, 0.6) is 5.75 Å². The van der Waals surface area contributed by atoms with Gasteiger partial charge in [0.2, 0.25) is 0 Å². The first-order chi connectivity index (χ1) is 18.1. The van der Waals surface area contributed by atoms with Crippen LogP contribution in [0.15, 0.2) is 70.6 Å². The highest BCUT2D eigenvalue weighted by molar-refractivity contribution is 7.92. The molecule has 0 aliphatic heterocycles. The number of carbonyl (C=O) groups is 2. The maximum atomic E-state index is 13.0. The molecular formula is C27H27N3O6S2. The molecule has 4 rings (SSSR count). The number of fused-ring (bicyclic) bond motifs is 1. The highest BCUT2D eigenvalue weighted by Gasteiger charge is 2.16. The molecule has 0 aliphatic rings. The van der Waals surface area contributed by atoms with Crippen molar-refractivity contribution in [1.29, 1.82) is 0 Å². The number of hydrogen-bond acceptors (Lipinski definition) is 7. The van der Waals surface area contributed by atoms with Crippen molar-refractivity contribution in [2.24, 2.45) is 4.99 Å². The van der Waals surface area contributed by atoms with Gasteiger partial charge in [0.05, 0.1) is 28.8 Å². The van der Waals surface area contributed by atoms with Gasteiger partial charge in [-0.15, -0.1) is 0 Å². The second-order valence-corrected chi connectivity index (χ2v) is 11.1. The van der Waals surface area contributed by atoms with E-state index in [0.717, 1.165) is 21.3 Å². The molecule has 38 heavy (non-hydrogen) atoms. The van der Waals surface area contributed by atoms with Crippen molar-refractivity contribution in [2.45, 2.75) is 32.2 Å². The standard InChI is InChI=1S/C27H27N3O6S2/c1-5-36-24(31)16-30-23-15-17(2)14-18(3)25(23)37-27(30)28-26(32)19-6-8-20(9-7-19)29-38(33,34)22-12-10-21(35-4)11-13-22/h6-15,29H,5,16H2,1-4H3. The number of amides is 1. The fourth-order valence-electron chi connectivity index (χ4n) is 3.89. The number of sulfonamides is 1. The SMILES string of the molecule is CCOC(=O)Cn1c(=NC(=O)c2ccc(NS(=O)(=O)c3ccc(OC)cc3)cc2)sc2c(C)cc(C)cc21. The predicted molar refractivity (Wildman–Crippen MR) is 146 cm³/mol. The Hall–Kier alpha value is -3.96.